The Morgan fingerprint density at radius 3 is 3.15 bits per heavy atom. The second-order valence-electron chi connectivity index (χ2n) is 5.03. The molecule has 0 saturated carbocycles. The van der Waals surface area contributed by atoms with E-state index in [0.29, 0.717) is 17.8 Å². The molecule has 1 aliphatic heterocycles. The van der Waals surface area contributed by atoms with Crippen LogP contribution in [0.4, 0.5) is 0 Å². The summed E-state index contributed by atoms with van der Waals surface area (Å²) >= 11 is 0. The fourth-order valence-corrected chi connectivity index (χ4v) is 2.67. The molecule has 0 spiro atoms. The van der Waals surface area contributed by atoms with Gasteiger partial charge in [0.25, 0.3) is 0 Å². The number of hydrogen-bond donors (Lipinski definition) is 0. The Labute approximate surface area is 116 Å². The number of likely N-dealkylation sites (tertiary alicyclic amines) is 1. The lowest BCUT2D eigenvalue weighted by Crippen LogP contribution is -2.43. The quantitative estimate of drug-likeness (QED) is 0.838. The van der Waals surface area contributed by atoms with Gasteiger partial charge in [0.05, 0.1) is 12.5 Å². The van der Waals surface area contributed by atoms with E-state index >= 15 is 0 Å². The molecule has 1 amide bonds. The molecule has 3 rings (SSSR count). The van der Waals surface area contributed by atoms with Gasteiger partial charge in [0.1, 0.15) is 11.7 Å². The van der Waals surface area contributed by atoms with Crippen LogP contribution in [-0.4, -0.2) is 28.6 Å². The monoisotopic (exact) mass is 269 g/mol. The molecule has 0 bridgehead atoms. The van der Waals surface area contributed by atoms with Gasteiger partial charge in [-0.05, 0) is 31.4 Å². The lowest BCUT2D eigenvalue weighted by Gasteiger charge is -2.31. The molecule has 2 aromatic rings. The maximum Gasteiger partial charge on any atom is 0.229 e. The summed E-state index contributed by atoms with van der Waals surface area (Å²) in [6.07, 6.45) is 2.93. The minimum absolute atomic E-state index is 0.0460. The van der Waals surface area contributed by atoms with Crippen LogP contribution in [0.2, 0.25) is 0 Å². The first kappa shape index (κ1) is 12.7. The average molecular weight is 269 g/mol. The number of rotatable bonds is 2. The Morgan fingerprint density at radius 1 is 1.45 bits per heavy atom. The predicted molar refractivity (Wildman–Crippen MR) is 72.7 cm³/mol. The molecule has 0 radical (unpaired) electrons. The topological polar surface area (TPSA) is 70.1 Å². The first-order valence-corrected chi connectivity index (χ1v) is 6.82. The second kappa shape index (κ2) is 5.33. The Bertz CT molecular complexity index is 671. The summed E-state index contributed by atoms with van der Waals surface area (Å²) in [5, 5.41) is 14.0. The SMILES string of the molecule is N#CC1CCCCN1C(=O)Cc1noc2ccccc12. The van der Waals surface area contributed by atoms with Gasteiger partial charge in [-0.3, -0.25) is 4.79 Å². The minimum Gasteiger partial charge on any atom is -0.356 e. The van der Waals surface area contributed by atoms with Crippen molar-refractivity contribution in [1.29, 1.82) is 5.26 Å². The van der Waals surface area contributed by atoms with Gasteiger partial charge in [-0.15, -0.1) is 0 Å². The van der Waals surface area contributed by atoms with E-state index in [1.54, 1.807) is 4.90 Å². The first-order valence-electron chi connectivity index (χ1n) is 6.82. The highest BCUT2D eigenvalue weighted by Gasteiger charge is 2.27. The third-order valence-corrected chi connectivity index (χ3v) is 3.74. The number of benzene rings is 1. The number of nitriles is 1. The summed E-state index contributed by atoms with van der Waals surface area (Å²) in [7, 11) is 0. The van der Waals surface area contributed by atoms with Gasteiger partial charge in [-0.25, -0.2) is 0 Å². The standard InChI is InChI=1S/C15H15N3O2/c16-10-11-5-3-4-8-18(11)15(19)9-13-12-6-1-2-7-14(12)20-17-13/h1-2,6-7,11H,3-5,8-9H2. The molecule has 0 aliphatic carbocycles. The van der Waals surface area contributed by atoms with Crippen molar-refractivity contribution in [3.8, 4) is 6.07 Å². The summed E-state index contributed by atoms with van der Waals surface area (Å²) in [6, 6.07) is 9.41. The van der Waals surface area contributed by atoms with E-state index in [1.165, 1.54) is 0 Å². The van der Waals surface area contributed by atoms with Gasteiger partial charge in [-0.2, -0.15) is 5.26 Å². The lowest BCUT2D eigenvalue weighted by atomic mass is 10.0. The summed E-state index contributed by atoms with van der Waals surface area (Å²) in [4.78, 5) is 14.0. The van der Waals surface area contributed by atoms with E-state index in [2.05, 4.69) is 11.2 Å². The van der Waals surface area contributed by atoms with Crippen LogP contribution in [0, 0.1) is 11.3 Å². The second-order valence-corrected chi connectivity index (χ2v) is 5.03. The van der Waals surface area contributed by atoms with E-state index in [9.17, 15) is 4.79 Å². The molecule has 1 aliphatic rings. The molecule has 1 aromatic heterocycles. The van der Waals surface area contributed by atoms with Crippen molar-refractivity contribution in [2.45, 2.75) is 31.7 Å². The van der Waals surface area contributed by atoms with Crippen molar-refractivity contribution in [3.05, 3.63) is 30.0 Å². The van der Waals surface area contributed by atoms with E-state index in [0.717, 1.165) is 24.6 Å². The van der Waals surface area contributed by atoms with Crippen LogP contribution in [0.5, 0.6) is 0 Å². The lowest BCUT2D eigenvalue weighted by molar-refractivity contribution is -0.132. The van der Waals surface area contributed by atoms with Crippen molar-refractivity contribution >= 4 is 16.9 Å². The maximum absolute atomic E-state index is 12.4. The normalized spacial score (nSPS) is 18.9. The van der Waals surface area contributed by atoms with Gasteiger partial charge in [0, 0.05) is 11.9 Å². The van der Waals surface area contributed by atoms with E-state index in [4.69, 9.17) is 9.78 Å². The molecule has 1 fully saturated rings. The molecule has 5 heteroatoms. The zero-order chi connectivity index (χ0) is 13.9. The van der Waals surface area contributed by atoms with Crippen LogP contribution in [0.25, 0.3) is 11.0 Å². The van der Waals surface area contributed by atoms with Crippen LogP contribution in [-0.2, 0) is 11.2 Å². The number of hydrogen-bond acceptors (Lipinski definition) is 4. The van der Waals surface area contributed by atoms with E-state index < -0.39 is 0 Å². The molecule has 102 valence electrons. The van der Waals surface area contributed by atoms with Crippen molar-refractivity contribution in [2.24, 2.45) is 0 Å². The smallest absolute Gasteiger partial charge is 0.229 e. The highest BCUT2D eigenvalue weighted by molar-refractivity contribution is 5.86. The summed E-state index contributed by atoms with van der Waals surface area (Å²) in [6.45, 7) is 0.660. The Hall–Kier alpha value is -2.35. The Kier molecular flexibility index (Phi) is 3.38. The molecule has 1 unspecified atom stereocenters. The molecule has 1 aromatic carbocycles. The number of carbonyl (C=O) groups excluding carboxylic acids is 1. The fraction of sp³-hybridized carbons (Fsp3) is 0.400. The molecule has 20 heavy (non-hydrogen) atoms. The van der Waals surface area contributed by atoms with Crippen molar-refractivity contribution in [3.63, 3.8) is 0 Å². The Morgan fingerprint density at radius 2 is 2.30 bits per heavy atom. The summed E-state index contributed by atoms with van der Waals surface area (Å²) in [5.41, 5.74) is 1.33. The largest absolute Gasteiger partial charge is 0.356 e. The van der Waals surface area contributed by atoms with Crippen molar-refractivity contribution in [2.75, 3.05) is 6.54 Å². The number of aromatic nitrogens is 1. The number of piperidine rings is 1. The van der Waals surface area contributed by atoms with Crippen LogP contribution in [0.15, 0.2) is 28.8 Å². The average Bonchev–Trinajstić information content (AvgIpc) is 2.90. The van der Waals surface area contributed by atoms with Gasteiger partial charge < -0.3 is 9.42 Å². The zero-order valence-corrected chi connectivity index (χ0v) is 11.1. The van der Waals surface area contributed by atoms with Gasteiger partial charge in [0.15, 0.2) is 5.58 Å². The van der Waals surface area contributed by atoms with E-state index in [-0.39, 0.29) is 18.4 Å². The van der Waals surface area contributed by atoms with Gasteiger partial charge in [-0.1, -0.05) is 17.3 Å². The van der Waals surface area contributed by atoms with Gasteiger partial charge in [0.2, 0.25) is 5.91 Å². The van der Waals surface area contributed by atoms with E-state index in [1.807, 2.05) is 24.3 Å². The van der Waals surface area contributed by atoms with Crippen LogP contribution >= 0.6 is 0 Å². The molecule has 0 N–H and O–H groups in total. The summed E-state index contributed by atoms with van der Waals surface area (Å²) in [5.74, 6) is -0.0460. The molecule has 1 atom stereocenters. The highest BCUT2D eigenvalue weighted by atomic mass is 16.5. The number of nitrogens with zero attached hydrogens (tertiary/aromatic N) is 3. The fourth-order valence-electron chi connectivity index (χ4n) is 2.67. The Balaban J connectivity index is 1.80. The van der Waals surface area contributed by atoms with Crippen LogP contribution in [0.1, 0.15) is 25.0 Å². The third kappa shape index (κ3) is 2.25. The minimum atomic E-state index is -0.297. The number of fused-ring (bicyclic) bond motifs is 1. The van der Waals surface area contributed by atoms with Crippen molar-refractivity contribution in [1.82, 2.24) is 10.1 Å². The predicted octanol–water partition coefficient (Wildman–Crippen LogP) is 2.27. The molecular formula is C15H15N3O2. The van der Waals surface area contributed by atoms with Crippen LogP contribution in [0.3, 0.4) is 0 Å². The number of amides is 1. The van der Waals surface area contributed by atoms with Gasteiger partial charge >= 0.3 is 0 Å². The molecule has 5 nitrogen and oxygen atoms in total. The number of carbonyl (C=O) groups is 1. The molecular weight excluding hydrogens is 254 g/mol. The van der Waals surface area contributed by atoms with Crippen LogP contribution < -0.4 is 0 Å². The highest BCUT2D eigenvalue weighted by Crippen LogP contribution is 2.21. The molecule has 1 saturated heterocycles. The summed E-state index contributed by atoms with van der Waals surface area (Å²) < 4.78 is 5.20. The first-order chi connectivity index (χ1) is 9.79. The van der Waals surface area contributed by atoms with Crippen molar-refractivity contribution < 1.29 is 9.32 Å². The maximum atomic E-state index is 12.4. The molecule has 2 heterocycles. The third-order valence-electron chi connectivity index (χ3n) is 3.74. The zero-order valence-electron chi connectivity index (χ0n) is 11.1. The number of para-hydroxylation sites is 1.